The van der Waals surface area contributed by atoms with Gasteiger partial charge in [-0.2, -0.15) is 0 Å². The summed E-state index contributed by atoms with van der Waals surface area (Å²) in [7, 11) is 3.63. The third-order valence-electron chi connectivity index (χ3n) is 2.36. The Kier molecular flexibility index (Phi) is 6.68. The molecule has 7 nitrogen and oxygen atoms in total. The number of amides is 3. The topological polar surface area (TPSA) is 108 Å². The molecule has 4 atom stereocenters. The Balaban J connectivity index is 4.41. The summed E-state index contributed by atoms with van der Waals surface area (Å²) in [6.45, 7) is 3.06. The number of rotatable bonds is 5. The molecule has 0 bridgehead atoms. The van der Waals surface area contributed by atoms with Crippen LogP contribution < -0.4 is 16.1 Å². The lowest BCUT2D eigenvalue weighted by Gasteiger charge is -2.19. The van der Waals surface area contributed by atoms with Crippen LogP contribution in [0.25, 0.3) is 0 Å². The fraction of sp³-hybridized carbons (Fsp3) is 0.667. The molecule has 17 heavy (non-hydrogen) atoms. The molecule has 0 aromatic heterocycles. The van der Waals surface area contributed by atoms with E-state index in [9.17, 15) is 14.4 Å². The van der Waals surface area contributed by atoms with Gasteiger partial charge >= 0.3 is 0 Å². The average Bonchev–Trinajstić information content (AvgIpc) is 2.34. The van der Waals surface area contributed by atoms with Crippen LogP contribution in [0.4, 0.5) is 0 Å². The summed E-state index contributed by atoms with van der Waals surface area (Å²) in [4.78, 5) is 33.9. The lowest BCUT2D eigenvalue weighted by molar-refractivity contribution is -0.134. The van der Waals surface area contributed by atoms with Crippen molar-refractivity contribution in [3.63, 3.8) is 0 Å². The maximum absolute atomic E-state index is 11.7. The van der Waals surface area contributed by atoms with Gasteiger partial charge < -0.3 is 10.6 Å². The van der Waals surface area contributed by atoms with Gasteiger partial charge in [-0.15, -0.1) is 9.24 Å². The summed E-state index contributed by atoms with van der Waals surface area (Å²) in [5.41, 5.74) is 0.702. The highest BCUT2D eigenvalue weighted by Gasteiger charge is 2.27. The van der Waals surface area contributed by atoms with Gasteiger partial charge in [0.05, 0.1) is 11.6 Å². The van der Waals surface area contributed by atoms with E-state index in [2.05, 4.69) is 19.9 Å². The zero-order valence-electron chi connectivity index (χ0n) is 9.98. The molecule has 4 unspecified atom stereocenters. The monoisotopic (exact) mass is 263 g/mol. The van der Waals surface area contributed by atoms with Crippen molar-refractivity contribution in [3.05, 3.63) is 0 Å². The van der Waals surface area contributed by atoms with Gasteiger partial charge in [0, 0.05) is 7.05 Å². The van der Waals surface area contributed by atoms with Crippen molar-refractivity contribution >= 4 is 27.0 Å². The molecule has 0 rings (SSSR count). The second-order valence-corrected chi connectivity index (χ2v) is 4.35. The van der Waals surface area contributed by atoms with E-state index in [1.165, 1.54) is 26.4 Å². The maximum Gasteiger partial charge on any atom is 0.251 e. The number of hydroxylamine groups is 1. The van der Waals surface area contributed by atoms with E-state index in [0.717, 1.165) is 0 Å². The van der Waals surface area contributed by atoms with Gasteiger partial charge in [-0.3, -0.25) is 19.6 Å². The van der Waals surface area contributed by atoms with E-state index in [0.29, 0.717) is 0 Å². The van der Waals surface area contributed by atoms with Gasteiger partial charge in [-0.25, -0.2) is 5.48 Å². The highest BCUT2D eigenvalue weighted by Crippen LogP contribution is 2.13. The van der Waals surface area contributed by atoms with Crippen molar-refractivity contribution in [2.45, 2.75) is 25.5 Å². The highest BCUT2D eigenvalue weighted by molar-refractivity contribution is 7.19. The molecule has 0 aromatic carbocycles. The molecule has 0 heterocycles. The van der Waals surface area contributed by atoms with Crippen LogP contribution in [0.2, 0.25) is 0 Å². The zero-order chi connectivity index (χ0) is 13.6. The smallest absolute Gasteiger partial charge is 0.251 e. The van der Waals surface area contributed by atoms with Crippen molar-refractivity contribution in [1.82, 2.24) is 16.1 Å². The first kappa shape index (κ1) is 15.8. The average molecular weight is 263 g/mol. The van der Waals surface area contributed by atoms with Crippen LogP contribution >= 0.6 is 9.24 Å². The predicted molar refractivity (Wildman–Crippen MR) is 64.3 cm³/mol. The lowest BCUT2D eigenvalue weighted by atomic mass is 10.1. The molecule has 0 fully saturated rings. The Morgan fingerprint density at radius 2 is 1.65 bits per heavy atom. The molecule has 0 aliphatic rings. The summed E-state index contributed by atoms with van der Waals surface area (Å²) >= 11 is 0. The van der Waals surface area contributed by atoms with Crippen molar-refractivity contribution in [2.75, 3.05) is 7.05 Å². The summed E-state index contributed by atoms with van der Waals surface area (Å²) < 4.78 is 0. The molecule has 0 spiro atoms. The van der Waals surface area contributed by atoms with E-state index in [1.807, 2.05) is 0 Å². The Morgan fingerprint density at radius 3 is 2.06 bits per heavy atom. The van der Waals surface area contributed by atoms with Gasteiger partial charge in [0.1, 0.15) is 6.04 Å². The summed E-state index contributed by atoms with van der Waals surface area (Å²) in [6, 6.07) is -0.677. The van der Waals surface area contributed by atoms with Crippen molar-refractivity contribution in [2.24, 2.45) is 5.92 Å². The Bertz CT molecular complexity index is 311. The van der Waals surface area contributed by atoms with Crippen LogP contribution in [0.1, 0.15) is 13.8 Å². The van der Waals surface area contributed by atoms with E-state index in [-0.39, 0.29) is 5.91 Å². The number of nitrogens with one attached hydrogen (secondary N) is 3. The van der Waals surface area contributed by atoms with Crippen molar-refractivity contribution in [3.8, 4) is 0 Å². The minimum Gasteiger partial charge on any atom is -0.357 e. The Morgan fingerprint density at radius 1 is 1.12 bits per heavy atom. The Hall–Kier alpha value is -1.20. The molecule has 0 aromatic rings. The quantitative estimate of drug-likeness (QED) is 0.278. The number of carbonyl (C=O) groups excluding carboxylic acids is 3. The molecule has 98 valence electrons. The maximum atomic E-state index is 11.7. The van der Waals surface area contributed by atoms with Crippen molar-refractivity contribution in [1.29, 1.82) is 0 Å². The molecule has 0 aliphatic carbocycles. The van der Waals surface area contributed by atoms with E-state index < -0.39 is 29.4 Å². The van der Waals surface area contributed by atoms with E-state index in [1.54, 1.807) is 0 Å². The minimum absolute atomic E-state index is 0.322. The van der Waals surface area contributed by atoms with Crippen LogP contribution in [0, 0.1) is 5.92 Å². The van der Waals surface area contributed by atoms with Crippen molar-refractivity contribution < 1.29 is 19.6 Å². The predicted octanol–water partition coefficient (Wildman–Crippen LogP) is -1.38. The Labute approximate surface area is 102 Å². The molecule has 0 saturated carbocycles. The second kappa shape index (κ2) is 7.19. The number of hydrogen-bond acceptors (Lipinski definition) is 4. The third-order valence-corrected chi connectivity index (χ3v) is 3.24. The fourth-order valence-electron chi connectivity index (χ4n) is 1.09. The molecule has 0 radical (unpaired) electrons. The van der Waals surface area contributed by atoms with Crippen LogP contribution in [-0.4, -0.2) is 41.7 Å². The minimum atomic E-state index is -0.767. The largest absolute Gasteiger partial charge is 0.357 e. The van der Waals surface area contributed by atoms with Gasteiger partial charge in [0.25, 0.3) is 5.91 Å². The van der Waals surface area contributed by atoms with Crippen LogP contribution in [0.15, 0.2) is 0 Å². The first-order valence-corrected chi connectivity index (χ1v) is 5.73. The summed E-state index contributed by atoms with van der Waals surface area (Å²) in [5, 5.41) is 13.3. The molecule has 0 aliphatic heterocycles. The van der Waals surface area contributed by atoms with E-state index in [4.69, 9.17) is 5.21 Å². The fourth-order valence-corrected chi connectivity index (χ4v) is 1.34. The molecular weight excluding hydrogens is 245 g/mol. The number of hydrogen-bond donors (Lipinski definition) is 4. The molecule has 4 N–H and O–H groups in total. The SMILES string of the molecule is CNC(=O)C(C)NC(=O)C(C)C(P)C(=O)NO. The number of carbonyl (C=O) groups is 3. The highest BCUT2D eigenvalue weighted by atomic mass is 31.0. The summed E-state index contributed by atoms with van der Waals surface area (Å²) in [5.74, 6) is -2.12. The van der Waals surface area contributed by atoms with Gasteiger partial charge in [0.2, 0.25) is 11.8 Å². The second-order valence-electron chi connectivity index (χ2n) is 3.64. The van der Waals surface area contributed by atoms with Gasteiger partial charge in [-0.05, 0) is 6.92 Å². The first-order chi connectivity index (χ1) is 7.84. The van der Waals surface area contributed by atoms with Gasteiger partial charge in [0.15, 0.2) is 0 Å². The van der Waals surface area contributed by atoms with Crippen LogP contribution in [0.5, 0.6) is 0 Å². The van der Waals surface area contributed by atoms with Crippen LogP contribution in [-0.2, 0) is 14.4 Å². The normalized spacial score (nSPS) is 15.4. The van der Waals surface area contributed by atoms with E-state index >= 15 is 0 Å². The third kappa shape index (κ3) is 4.66. The molecule has 3 amide bonds. The number of likely N-dealkylation sites (N-methyl/N-ethyl adjacent to an activating group) is 1. The first-order valence-electron chi connectivity index (χ1n) is 5.06. The molecular formula is C9H18N3O4P. The molecule has 0 saturated heterocycles. The molecule has 8 heteroatoms. The standard InChI is InChI=1S/C9H18N3O4P/c1-4(6(17)9(15)12-16)7(13)11-5(2)8(14)10-3/h4-6,16H,17H2,1-3H3,(H,10,14)(H,11,13)(H,12,15). The summed E-state index contributed by atoms with van der Waals surface area (Å²) in [6.07, 6.45) is 0. The van der Waals surface area contributed by atoms with Crippen LogP contribution in [0.3, 0.4) is 0 Å². The lowest BCUT2D eigenvalue weighted by Crippen LogP contribution is -2.48. The zero-order valence-corrected chi connectivity index (χ0v) is 11.1. The van der Waals surface area contributed by atoms with Gasteiger partial charge in [-0.1, -0.05) is 6.92 Å².